The van der Waals surface area contributed by atoms with Crippen molar-refractivity contribution < 1.29 is 9.21 Å². The van der Waals surface area contributed by atoms with E-state index in [9.17, 15) is 4.79 Å². The lowest BCUT2D eigenvalue weighted by Gasteiger charge is -2.08. The standard InChI is InChI=1S/C20H11Cl3N2O2/c21-14-8-6-12(24-19(26)11-5-7-15(22)16(23)9-11)10-13(14)20-25-17-3-1-2-4-18(17)27-20/h1-10H,(H,24,26). The first kappa shape index (κ1) is 17.9. The van der Waals surface area contributed by atoms with Crippen molar-refractivity contribution in [2.75, 3.05) is 5.32 Å². The molecule has 4 nitrogen and oxygen atoms in total. The molecule has 0 aliphatic carbocycles. The van der Waals surface area contributed by atoms with Crippen LogP contribution in [0.1, 0.15) is 10.4 Å². The first-order valence-electron chi connectivity index (χ1n) is 7.93. The maximum atomic E-state index is 12.5. The van der Waals surface area contributed by atoms with Crippen molar-refractivity contribution in [1.29, 1.82) is 0 Å². The van der Waals surface area contributed by atoms with Crippen molar-refractivity contribution in [3.63, 3.8) is 0 Å². The maximum Gasteiger partial charge on any atom is 0.255 e. The molecule has 0 aliphatic heterocycles. The largest absolute Gasteiger partial charge is 0.436 e. The fraction of sp³-hybridized carbons (Fsp3) is 0. The van der Waals surface area contributed by atoms with E-state index in [0.29, 0.717) is 43.4 Å². The maximum absolute atomic E-state index is 12.5. The molecule has 0 unspecified atom stereocenters. The molecular formula is C20H11Cl3N2O2. The first-order valence-corrected chi connectivity index (χ1v) is 9.06. The van der Waals surface area contributed by atoms with Gasteiger partial charge in [-0.2, -0.15) is 0 Å². The number of halogens is 3. The smallest absolute Gasteiger partial charge is 0.255 e. The van der Waals surface area contributed by atoms with Crippen molar-refractivity contribution in [2.24, 2.45) is 0 Å². The van der Waals surface area contributed by atoms with Gasteiger partial charge in [-0.25, -0.2) is 4.98 Å². The van der Waals surface area contributed by atoms with Gasteiger partial charge in [0, 0.05) is 11.3 Å². The Labute approximate surface area is 169 Å². The molecule has 0 aliphatic rings. The van der Waals surface area contributed by atoms with E-state index in [1.54, 1.807) is 30.3 Å². The van der Waals surface area contributed by atoms with Crippen LogP contribution in [-0.2, 0) is 0 Å². The molecule has 27 heavy (non-hydrogen) atoms. The summed E-state index contributed by atoms with van der Waals surface area (Å²) in [6.07, 6.45) is 0. The Morgan fingerprint density at radius 3 is 2.44 bits per heavy atom. The van der Waals surface area contributed by atoms with Gasteiger partial charge in [0.1, 0.15) is 5.52 Å². The zero-order chi connectivity index (χ0) is 19.0. The number of nitrogens with one attached hydrogen (secondary N) is 1. The van der Waals surface area contributed by atoms with Gasteiger partial charge in [0.2, 0.25) is 5.89 Å². The Balaban J connectivity index is 1.65. The van der Waals surface area contributed by atoms with E-state index in [-0.39, 0.29) is 5.91 Å². The second-order valence-corrected chi connectivity index (χ2v) is 6.99. The molecule has 0 fully saturated rings. The van der Waals surface area contributed by atoms with E-state index < -0.39 is 0 Å². The lowest BCUT2D eigenvalue weighted by Crippen LogP contribution is -2.11. The van der Waals surface area contributed by atoms with Gasteiger partial charge in [0.15, 0.2) is 5.58 Å². The molecule has 0 atom stereocenters. The normalized spacial score (nSPS) is 10.9. The van der Waals surface area contributed by atoms with E-state index >= 15 is 0 Å². The average Bonchev–Trinajstić information content (AvgIpc) is 3.09. The number of hydrogen-bond acceptors (Lipinski definition) is 3. The molecule has 4 rings (SSSR count). The van der Waals surface area contributed by atoms with Gasteiger partial charge in [0.25, 0.3) is 5.91 Å². The number of amides is 1. The van der Waals surface area contributed by atoms with E-state index in [0.717, 1.165) is 5.52 Å². The summed E-state index contributed by atoms with van der Waals surface area (Å²) in [5.74, 6) is 0.0613. The minimum Gasteiger partial charge on any atom is -0.436 e. The lowest BCUT2D eigenvalue weighted by molar-refractivity contribution is 0.102. The minimum absolute atomic E-state index is 0.313. The summed E-state index contributed by atoms with van der Waals surface area (Å²) >= 11 is 18.2. The van der Waals surface area contributed by atoms with Gasteiger partial charge < -0.3 is 9.73 Å². The quantitative estimate of drug-likeness (QED) is 0.403. The Morgan fingerprint density at radius 1 is 0.889 bits per heavy atom. The molecular weight excluding hydrogens is 407 g/mol. The topological polar surface area (TPSA) is 55.1 Å². The van der Waals surface area contributed by atoms with Crippen LogP contribution in [0.25, 0.3) is 22.6 Å². The van der Waals surface area contributed by atoms with Crippen LogP contribution in [0.5, 0.6) is 0 Å². The Morgan fingerprint density at radius 2 is 1.67 bits per heavy atom. The number of rotatable bonds is 3. The van der Waals surface area contributed by atoms with E-state index in [1.165, 1.54) is 6.07 Å². The highest BCUT2D eigenvalue weighted by Crippen LogP contribution is 2.32. The summed E-state index contributed by atoms with van der Waals surface area (Å²) in [4.78, 5) is 16.9. The molecule has 1 heterocycles. The molecule has 1 N–H and O–H groups in total. The molecule has 0 spiro atoms. The molecule has 1 aromatic heterocycles. The third-order valence-corrected chi connectivity index (χ3v) is 5.00. The molecule has 0 bridgehead atoms. The first-order chi connectivity index (χ1) is 13.0. The van der Waals surface area contributed by atoms with Gasteiger partial charge in [-0.05, 0) is 48.5 Å². The fourth-order valence-electron chi connectivity index (χ4n) is 2.59. The number of oxazole rings is 1. The zero-order valence-corrected chi connectivity index (χ0v) is 15.9. The second-order valence-electron chi connectivity index (χ2n) is 5.76. The van der Waals surface area contributed by atoms with E-state index in [1.807, 2.05) is 24.3 Å². The highest BCUT2D eigenvalue weighted by atomic mass is 35.5. The molecule has 4 aromatic rings. The van der Waals surface area contributed by atoms with E-state index in [4.69, 9.17) is 39.2 Å². The third-order valence-electron chi connectivity index (χ3n) is 3.93. The lowest BCUT2D eigenvalue weighted by atomic mass is 10.1. The van der Waals surface area contributed by atoms with Crippen LogP contribution in [0.15, 0.2) is 65.1 Å². The van der Waals surface area contributed by atoms with Gasteiger partial charge in [-0.3, -0.25) is 4.79 Å². The summed E-state index contributed by atoms with van der Waals surface area (Å²) in [7, 11) is 0. The second kappa shape index (κ2) is 7.24. The third kappa shape index (κ3) is 3.65. The number of aromatic nitrogens is 1. The minimum atomic E-state index is -0.320. The summed E-state index contributed by atoms with van der Waals surface area (Å²) < 4.78 is 5.77. The predicted octanol–water partition coefficient (Wildman–Crippen LogP) is 6.71. The highest BCUT2D eigenvalue weighted by Gasteiger charge is 2.14. The average molecular weight is 418 g/mol. The van der Waals surface area contributed by atoms with Gasteiger partial charge in [-0.1, -0.05) is 46.9 Å². The van der Waals surface area contributed by atoms with Crippen molar-refractivity contribution in [3.05, 3.63) is 81.3 Å². The highest BCUT2D eigenvalue weighted by molar-refractivity contribution is 6.42. The summed E-state index contributed by atoms with van der Waals surface area (Å²) in [6, 6.07) is 17.2. The molecule has 0 saturated heterocycles. The fourth-order valence-corrected chi connectivity index (χ4v) is 3.09. The Kier molecular flexibility index (Phi) is 4.79. The van der Waals surface area contributed by atoms with Gasteiger partial charge in [0.05, 0.1) is 20.6 Å². The summed E-state index contributed by atoms with van der Waals surface area (Å²) in [5, 5.41) is 3.97. The monoisotopic (exact) mass is 416 g/mol. The molecule has 1 amide bonds. The van der Waals surface area contributed by atoms with Crippen LogP contribution in [0, 0.1) is 0 Å². The number of carbonyl (C=O) groups excluding carboxylic acids is 1. The predicted molar refractivity (Wildman–Crippen MR) is 109 cm³/mol. The van der Waals surface area contributed by atoms with Crippen LogP contribution in [0.3, 0.4) is 0 Å². The van der Waals surface area contributed by atoms with Crippen LogP contribution in [0.4, 0.5) is 5.69 Å². The van der Waals surface area contributed by atoms with E-state index in [2.05, 4.69) is 10.3 Å². The molecule has 134 valence electrons. The number of nitrogens with zero attached hydrogens (tertiary/aromatic N) is 1. The van der Waals surface area contributed by atoms with Crippen LogP contribution < -0.4 is 5.32 Å². The van der Waals surface area contributed by atoms with Crippen LogP contribution in [0.2, 0.25) is 15.1 Å². The SMILES string of the molecule is O=C(Nc1ccc(Cl)c(-c2nc3ccccc3o2)c1)c1ccc(Cl)c(Cl)c1. The van der Waals surface area contributed by atoms with Gasteiger partial charge >= 0.3 is 0 Å². The van der Waals surface area contributed by atoms with Crippen molar-refractivity contribution in [1.82, 2.24) is 4.98 Å². The zero-order valence-electron chi connectivity index (χ0n) is 13.7. The van der Waals surface area contributed by atoms with Gasteiger partial charge in [-0.15, -0.1) is 0 Å². The Bertz CT molecular complexity index is 1140. The molecule has 0 radical (unpaired) electrons. The van der Waals surface area contributed by atoms with Crippen molar-refractivity contribution in [2.45, 2.75) is 0 Å². The molecule has 3 aromatic carbocycles. The summed E-state index contributed by atoms with van der Waals surface area (Å²) in [6.45, 7) is 0. The molecule has 7 heteroatoms. The number of anilines is 1. The number of fused-ring (bicyclic) bond motifs is 1. The number of para-hydroxylation sites is 2. The number of hydrogen-bond donors (Lipinski definition) is 1. The van der Waals surface area contributed by atoms with Crippen LogP contribution >= 0.6 is 34.8 Å². The van der Waals surface area contributed by atoms with Crippen molar-refractivity contribution >= 4 is 57.5 Å². The van der Waals surface area contributed by atoms with Crippen LogP contribution in [-0.4, -0.2) is 10.9 Å². The Hall–Kier alpha value is -2.53. The number of carbonyl (C=O) groups is 1. The molecule has 0 saturated carbocycles. The van der Waals surface area contributed by atoms with Crippen molar-refractivity contribution in [3.8, 4) is 11.5 Å². The number of benzene rings is 3. The summed E-state index contributed by atoms with van der Waals surface area (Å²) in [5.41, 5.74) is 2.91.